The first kappa shape index (κ1) is 17.3. The van der Waals surface area contributed by atoms with Crippen molar-refractivity contribution in [2.75, 3.05) is 0 Å². The van der Waals surface area contributed by atoms with Crippen LogP contribution >= 0.6 is 0 Å². The lowest BCUT2D eigenvalue weighted by Crippen LogP contribution is -2.54. The third-order valence-electron chi connectivity index (χ3n) is 3.75. The molecule has 0 bridgehead atoms. The Hall–Kier alpha value is -1.79. The Morgan fingerprint density at radius 1 is 1.24 bits per heavy atom. The van der Waals surface area contributed by atoms with Gasteiger partial charge < -0.3 is 21.5 Å². The summed E-state index contributed by atoms with van der Waals surface area (Å²) in [6, 6.07) is -1.86. The molecular weight excluding hydrogens is 274 g/mol. The molecule has 5 N–H and O–H groups in total. The number of rotatable bonds is 6. The number of amides is 3. The van der Waals surface area contributed by atoms with Crippen LogP contribution in [0.2, 0.25) is 0 Å². The van der Waals surface area contributed by atoms with Crippen molar-refractivity contribution >= 4 is 17.9 Å². The first-order valence-electron chi connectivity index (χ1n) is 7.40. The van der Waals surface area contributed by atoms with Crippen molar-refractivity contribution in [3.8, 4) is 0 Å². The Labute approximate surface area is 124 Å². The molecule has 120 valence electrons. The molecule has 1 fully saturated rings. The highest BCUT2D eigenvalue weighted by molar-refractivity contribution is 5.87. The number of nitrogens with two attached hydrogens (primary N) is 1. The van der Waals surface area contributed by atoms with Gasteiger partial charge in [-0.3, -0.25) is 9.59 Å². The maximum atomic E-state index is 12.3. The fraction of sp³-hybridized carbons (Fsp3) is 0.786. The number of carboxylic acids is 1. The van der Waals surface area contributed by atoms with Crippen LogP contribution in [0.4, 0.5) is 4.79 Å². The summed E-state index contributed by atoms with van der Waals surface area (Å²) in [4.78, 5) is 34.5. The van der Waals surface area contributed by atoms with Crippen LogP contribution in [0.1, 0.15) is 46.0 Å². The van der Waals surface area contributed by atoms with E-state index in [2.05, 4.69) is 10.6 Å². The molecule has 0 radical (unpaired) electrons. The zero-order valence-corrected chi connectivity index (χ0v) is 12.6. The van der Waals surface area contributed by atoms with Crippen molar-refractivity contribution < 1.29 is 19.5 Å². The molecule has 3 amide bonds. The number of hydrogen-bond acceptors (Lipinski definition) is 3. The zero-order valence-electron chi connectivity index (χ0n) is 12.6. The van der Waals surface area contributed by atoms with Crippen molar-refractivity contribution in [3.05, 3.63) is 0 Å². The van der Waals surface area contributed by atoms with E-state index in [4.69, 9.17) is 5.73 Å². The van der Waals surface area contributed by atoms with Gasteiger partial charge in [-0.1, -0.05) is 26.7 Å². The Balaban J connectivity index is 2.69. The molecule has 1 aliphatic carbocycles. The minimum Gasteiger partial charge on any atom is -0.481 e. The largest absolute Gasteiger partial charge is 0.481 e. The molecule has 0 aromatic heterocycles. The highest BCUT2D eigenvalue weighted by Gasteiger charge is 2.33. The van der Waals surface area contributed by atoms with Crippen molar-refractivity contribution in [1.82, 2.24) is 10.6 Å². The third-order valence-corrected chi connectivity index (χ3v) is 3.75. The van der Waals surface area contributed by atoms with Crippen LogP contribution < -0.4 is 16.4 Å². The Bertz CT molecular complexity index is 398. The molecule has 7 heteroatoms. The van der Waals surface area contributed by atoms with E-state index in [1.807, 2.05) is 13.8 Å². The van der Waals surface area contributed by atoms with Crippen molar-refractivity contribution in [2.45, 2.75) is 58.0 Å². The van der Waals surface area contributed by atoms with Gasteiger partial charge in [-0.2, -0.15) is 0 Å². The normalized spacial score (nSPS) is 23.4. The molecule has 7 nitrogen and oxygen atoms in total. The summed E-state index contributed by atoms with van der Waals surface area (Å²) < 4.78 is 0. The molecule has 0 aromatic carbocycles. The second-order valence-electron chi connectivity index (χ2n) is 6.03. The quantitative estimate of drug-likeness (QED) is 0.580. The van der Waals surface area contributed by atoms with Crippen molar-refractivity contribution in [2.24, 2.45) is 17.6 Å². The molecule has 1 saturated carbocycles. The van der Waals surface area contributed by atoms with Gasteiger partial charge in [-0.05, 0) is 25.2 Å². The van der Waals surface area contributed by atoms with Crippen LogP contribution in [0.15, 0.2) is 0 Å². The summed E-state index contributed by atoms with van der Waals surface area (Å²) in [5.74, 6) is -1.60. The number of urea groups is 1. The predicted octanol–water partition coefficient (Wildman–Crippen LogP) is 0.829. The fourth-order valence-corrected chi connectivity index (χ4v) is 2.76. The van der Waals surface area contributed by atoms with Crippen LogP contribution in [-0.4, -0.2) is 35.1 Å². The number of nitrogens with one attached hydrogen (secondary N) is 2. The molecule has 3 atom stereocenters. The Kier molecular flexibility index (Phi) is 6.45. The van der Waals surface area contributed by atoms with Crippen LogP contribution in [-0.2, 0) is 9.59 Å². The summed E-state index contributed by atoms with van der Waals surface area (Å²) in [5, 5.41) is 14.4. The molecule has 0 saturated heterocycles. The molecule has 21 heavy (non-hydrogen) atoms. The molecule has 1 aliphatic rings. The van der Waals surface area contributed by atoms with Gasteiger partial charge in [0.1, 0.15) is 6.04 Å². The van der Waals surface area contributed by atoms with Gasteiger partial charge in [0.25, 0.3) is 0 Å². The summed E-state index contributed by atoms with van der Waals surface area (Å²) in [6.07, 6.45) is 3.43. The van der Waals surface area contributed by atoms with E-state index in [-0.39, 0.29) is 17.9 Å². The summed E-state index contributed by atoms with van der Waals surface area (Å²) >= 11 is 0. The molecule has 0 aromatic rings. The molecule has 0 aliphatic heterocycles. The molecule has 0 spiro atoms. The minimum atomic E-state index is -0.886. The van der Waals surface area contributed by atoms with E-state index in [0.717, 1.165) is 12.8 Å². The highest BCUT2D eigenvalue weighted by atomic mass is 16.4. The zero-order chi connectivity index (χ0) is 16.0. The minimum absolute atomic E-state index is 0.203. The Morgan fingerprint density at radius 2 is 1.86 bits per heavy atom. The third kappa shape index (κ3) is 5.61. The predicted molar refractivity (Wildman–Crippen MR) is 77.5 cm³/mol. The summed E-state index contributed by atoms with van der Waals surface area (Å²) in [7, 11) is 0. The van der Waals surface area contributed by atoms with E-state index < -0.39 is 24.0 Å². The highest BCUT2D eigenvalue weighted by Crippen LogP contribution is 2.24. The number of aliphatic carboxylic acids is 1. The van der Waals surface area contributed by atoms with Gasteiger partial charge in [0.15, 0.2) is 0 Å². The number of primary amides is 1. The number of hydrogen-bond donors (Lipinski definition) is 4. The second-order valence-corrected chi connectivity index (χ2v) is 6.03. The fourth-order valence-electron chi connectivity index (χ4n) is 2.76. The maximum Gasteiger partial charge on any atom is 0.312 e. The standard InChI is InChI=1S/C14H25N3O4/c1-8(2)7-11(17-14(15)21)12(18)16-10-6-4-3-5-9(10)13(19)20/h8-11H,3-7H2,1-2H3,(H,16,18)(H,19,20)(H3,15,17,21). The van der Waals surface area contributed by atoms with Gasteiger partial charge in [0, 0.05) is 6.04 Å². The summed E-state index contributed by atoms with van der Waals surface area (Å²) in [5.41, 5.74) is 5.09. The van der Waals surface area contributed by atoms with Crippen molar-refractivity contribution in [1.29, 1.82) is 0 Å². The lowest BCUT2D eigenvalue weighted by atomic mass is 9.84. The molecule has 1 rings (SSSR count). The van der Waals surface area contributed by atoms with Crippen molar-refractivity contribution in [3.63, 3.8) is 0 Å². The average molecular weight is 299 g/mol. The first-order valence-corrected chi connectivity index (χ1v) is 7.40. The Morgan fingerprint density at radius 3 is 2.38 bits per heavy atom. The smallest absolute Gasteiger partial charge is 0.312 e. The lowest BCUT2D eigenvalue weighted by molar-refractivity contribution is -0.144. The number of carboxylic acid groups (broad SMARTS) is 1. The van der Waals surface area contributed by atoms with Gasteiger partial charge in [-0.15, -0.1) is 0 Å². The van der Waals surface area contributed by atoms with E-state index in [1.54, 1.807) is 0 Å². The van der Waals surface area contributed by atoms with Gasteiger partial charge in [0.2, 0.25) is 5.91 Å². The monoisotopic (exact) mass is 299 g/mol. The first-order chi connectivity index (χ1) is 9.81. The molecule has 3 unspecified atom stereocenters. The summed E-state index contributed by atoms with van der Waals surface area (Å²) in [6.45, 7) is 3.87. The lowest BCUT2D eigenvalue weighted by Gasteiger charge is -2.31. The van der Waals surface area contributed by atoms with Gasteiger partial charge in [0.05, 0.1) is 5.92 Å². The number of carbonyl (C=O) groups excluding carboxylic acids is 2. The SMILES string of the molecule is CC(C)CC(NC(N)=O)C(=O)NC1CCCCC1C(=O)O. The second kappa shape index (κ2) is 7.85. The van der Waals surface area contributed by atoms with Crippen LogP contribution in [0.25, 0.3) is 0 Å². The van der Waals surface area contributed by atoms with E-state index in [0.29, 0.717) is 19.3 Å². The topological polar surface area (TPSA) is 122 Å². The molecular formula is C14H25N3O4. The van der Waals surface area contributed by atoms with Crippen LogP contribution in [0.5, 0.6) is 0 Å². The van der Waals surface area contributed by atoms with E-state index in [9.17, 15) is 19.5 Å². The average Bonchev–Trinajstić information content (AvgIpc) is 2.37. The van der Waals surface area contributed by atoms with E-state index in [1.165, 1.54) is 0 Å². The van der Waals surface area contributed by atoms with Gasteiger partial charge >= 0.3 is 12.0 Å². The maximum absolute atomic E-state index is 12.3. The number of carbonyl (C=O) groups is 3. The van der Waals surface area contributed by atoms with E-state index >= 15 is 0 Å². The molecule has 0 heterocycles. The van der Waals surface area contributed by atoms with Gasteiger partial charge in [-0.25, -0.2) is 4.79 Å². The van der Waals surface area contributed by atoms with Crippen LogP contribution in [0, 0.1) is 11.8 Å². The van der Waals surface area contributed by atoms with Crippen LogP contribution in [0.3, 0.4) is 0 Å².